The minimum atomic E-state index is -0.303. The Morgan fingerprint density at radius 3 is 2.74 bits per heavy atom. The van der Waals surface area contributed by atoms with E-state index in [9.17, 15) is 4.79 Å². The summed E-state index contributed by atoms with van der Waals surface area (Å²) in [5.74, 6) is -0.303. The molecule has 0 aliphatic rings. The largest absolute Gasteiger partial charge is 0.283 e. The number of nitrogens with one attached hydrogen (secondary N) is 1. The molecule has 4 nitrogen and oxygen atoms in total. The molecule has 0 aliphatic carbocycles. The zero-order chi connectivity index (χ0) is 16.4. The van der Waals surface area contributed by atoms with E-state index in [0.717, 1.165) is 21.2 Å². The summed E-state index contributed by atoms with van der Waals surface area (Å²) in [6, 6.07) is 9.61. The molecular weight excluding hydrogens is 330 g/mol. The van der Waals surface area contributed by atoms with Gasteiger partial charge in [-0.15, -0.1) is 11.3 Å². The fourth-order valence-electron chi connectivity index (χ4n) is 2.16. The maximum Gasteiger partial charge on any atom is 0.283 e. The summed E-state index contributed by atoms with van der Waals surface area (Å²) in [5, 5.41) is 5.50. The molecule has 3 rings (SSSR count). The lowest BCUT2D eigenvalue weighted by Gasteiger charge is -2.01. The summed E-state index contributed by atoms with van der Waals surface area (Å²) < 4.78 is 0.995. The van der Waals surface area contributed by atoms with Gasteiger partial charge in [-0.3, -0.25) is 9.78 Å². The fraction of sp³-hybridized carbons (Fsp3) is 0.118. The van der Waals surface area contributed by atoms with Gasteiger partial charge in [0.05, 0.1) is 10.7 Å². The van der Waals surface area contributed by atoms with Gasteiger partial charge in [0.25, 0.3) is 5.91 Å². The van der Waals surface area contributed by atoms with Crippen LogP contribution in [0.2, 0.25) is 5.02 Å². The number of nitrogens with zero attached hydrogens (tertiary/aromatic N) is 2. The van der Waals surface area contributed by atoms with Crippen molar-refractivity contribution < 1.29 is 4.79 Å². The van der Waals surface area contributed by atoms with E-state index in [-0.39, 0.29) is 5.91 Å². The highest BCUT2D eigenvalue weighted by atomic mass is 35.5. The van der Waals surface area contributed by atoms with Crippen molar-refractivity contribution >= 4 is 44.6 Å². The molecule has 1 amide bonds. The van der Waals surface area contributed by atoms with Crippen molar-refractivity contribution in [3.8, 4) is 0 Å². The lowest BCUT2D eigenvalue weighted by molar-refractivity contribution is 0.0959. The van der Waals surface area contributed by atoms with Crippen molar-refractivity contribution in [1.82, 2.24) is 10.4 Å². The smallest absolute Gasteiger partial charge is 0.266 e. The third-order valence-corrected chi connectivity index (χ3v) is 5.07. The summed E-state index contributed by atoms with van der Waals surface area (Å²) in [4.78, 5) is 16.8. The number of rotatable bonds is 3. The number of pyridine rings is 1. The Morgan fingerprint density at radius 1 is 1.26 bits per heavy atom. The van der Waals surface area contributed by atoms with Crippen molar-refractivity contribution in [3.05, 3.63) is 63.8 Å². The number of carbonyl (C=O) groups is 1. The second-order valence-electron chi connectivity index (χ2n) is 5.12. The molecule has 2 aromatic heterocycles. The van der Waals surface area contributed by atoms with E-state index in [2.05, 4.69) is 15.5 Å². The van der Waals surface area contributed by atoms with Gasteiger partial charge in [-0.1, -0.05) is 23.7 Å². The molecule has 0 saturated heterocycles. The number of thiophene rings is 1. The second kappa shape index (κ2) is 6.48. The molecule has 23 heavy (non-hydrogen) atoms. The minimum absolute atomic E-state index is 0.303. The first kappa shape index (κ1) is 15.6. The molecule has 116 valence electrons. The van der Waals surface area contributed by atoms with Crippen molar-refractivity contribution in [3.63, 3.8) is 0 Å². The predicted octanol–water partition coefficient (Wildman–Crippen LogP) is 4.41. The molecule has 0 atom stereocenters. The molecule has 0 aliphatic heterocycles. The van der Waals surface area contributed by atoms with Crippen LogP contribution in [0.25, 0.3) is 10.1 Å². The highest BCUT2D eigenvalue weighted by Crippen LogP contribution is 2.35. The Balaban J connectivity index is 1.85. The quantitative estimate of drug-likeness (QED) is 0.565. The van der Waals surface area contributed by atoms with Crippen molar-refractivity contribution in [2.45, 2.75) is 13.8 Å². The van der Waals surface area contributed by atoms with Crippen LogP contribution in [0.3, 0.4) is 0 Å². The summed E-state index contributed by atoms with van der Waals surface area (Å²) in [7, 11) is 0. The van der Waals surface area contributed by atoms with Gasteiger partial charge in [-0.05, 0) is 37.6 Å². The van der Waals surface area contributed by atoms with Crippen LogP contribution in [0.1, 0.15) is 27.7 Å². The highest BCUT2D eigenvalue weighted by molar-refractivity contribution is 7.21. The Bertz CT molecular complexity index is 903. The van der Waals surface area contributed by atoms with Crippen molar-refractivity contribution in [2.24, 2.45) is 5.10 Å². The van der Waals surface area contributed by atoms with E-state index in [4.69, 9.17) is 11.6 Å². The number of carbonyl (C=O) groups excluding carboxylic acids is 1. The van der Waals surface area contributed by atoms with Gasteiger partial charge >= 0.3 is 0 Å². The molecule has 0 radical (unpaired) electrons. The third kappa shape index (κ3) is 3.25. The van der Waals surface area contributed by atoms with Gasteiger partial charge in [0.2, 0.25) is 0 Å². The lowest BCUT2D eigenvalue weighted by atomic mass is 10.2. The van der Waals surface area contributed by atoms with Gasteiger partial charge < -0.3 is 0 Å². The molecule has 0 fully saturated rings. The van der Waals surface area contributed by atoms with Gasteiger partial charge in [0.15, 0.2) is 0 Å². The Labute approximate surface area is 142 Å². The maximum atomic E-state index is 12.4. The van der Waals surface area contributed by atoms with Crippen LogP contribution >= 0.6 is 22.9 Å². The van der Waals surface area contributed by atoms with E-state index in [1.54, 1.807) is 12.4 Å². The number of aryl methyl sites for hydroxylation is 1. The van der Waals surface area contributed by atoms with Crippen LogP contribution in [-0.4, -0.2) is 16.6 Å². The molecule has 6 heteroatoms. The number of benzene rings is 1. The second-order valence-corrected chi connectivity index (χ2v) is 6.55. The fourth-order valence-corrected chi connectivity index (χ4v) is 3.67. The molecular formula is C17H14ClN3OS. The lowest BCUT2D eigenvalue weighted by Crippen LogP contribution is -2.18. The third-order valence-electron chi connectivity index (χ3n) is 3.41. The Morgan fingerprint density at radius 2 is 2.00 bits per heavy atom. The topological polar surface area (TPSA) is 54.4 Å². The van der Waals surface area contributed by atoms with Gasteiger partial charge in [-0.25, -0.2) is 5.43 Å². The van der Waals surface area contributed by atoms with Crippen LogP contribution in [0, 0.1) is 6.92 Å². The number of fused-ring (bicyclic) bond motifs is 1. The molecule has 3 aromatic rings. The normalized spacial score (nSPS) is 11.7. The molecule has 1 aromatic carbocycles. The summed E-state index contributed by atoms with van der Waals surface area (Å²) in [6.07, 6.45) is 3.36. The van der Waals surface area contributed by atoms with E-state index in [0.29, 0.717) is 15.6 Å². The predicted molar refractivity (Wildman–Crippen MR) is 95.5 cm³/mol. The number of amides is 1. The van der Waals surface area contributed by atoms with Gasteiger partial charge in [0, 0.05) is 28.0 Å². The van der Waals surface area contributed by atoms with Crippen LogP contribution in [0.4, 0.5) is 0 Å². The van der Waals surface area contributed by atoms with Crippen LogP contribution in [-0.2, 0) is 0 Å². The summed E-state index contributed by atoms with van der Waals surface area (Å²) >= 11 is 7.70. The average molecular weight is 344 g/mol. The number of halogens is 1. The van der Waals surface area contributed by atoms with Crippen LogP contribution in [0.15, 0.2) is 47.8 Å². The maximum absolute atomic E-state index is 12.4. The molecule has 0 unspecified atom stereocenters. The molecule has 0 saturated carbocycles. The first-order valence-electron chi connectivity index (χ1n) is 7.00. The van der Waals surface area contributed by atoms with Crippen molar-refractivity contribution in [1.29, 1.82) is 0 Å². The zero-order valence-electron chi connectivity index (χ0n) is 12.6. The summed E-state index contributed by atoms with van der Waals surface area (Å²) in [6.45, 7) is 3.83. The SMILES string of the molecule is C/C(=N\NC(=O)c1sc2cc(C)ccc2c1Cl)c1ccncc1. The molecule has 0 spiro atoms. The minimum Gasteiger partial charge on any atom is -0.266 e. The van der Waals surface area contributed by atoms with Crippen LogP contribution < -0.4 is 5.43 Å². The Kier molecular flexibility index (Phi) is 4.41. The van der Waals surface area contributed by atoms with E-state index < -0.39 is 0 Å². The highest BCUT2D eigenvalue weighted by Gasteiger charge is 2.17. The summed E-state index contributed by atoms with van der Waals surface area (Å²) in [5.41, 5.74) is 5.31. The van der Waals surface area contributed by atoms with E-state index in [1.807, 2.05) is 44.2 Å². The first-order valence-corrected chi connectivity index (χ1v) is 8.19. The molecule has 2 heterocycles. The van der Waals surface area contributed by atoms with Gasteiger partial charge in [-0.2, -0.15) is 5.10 Å². The Hall–Kier alpha value is -2.24. The first-order chi connectivity index (χ1) is 11.1. The number of hydrogen-bond donors (Lipinski definition) is 1. The standard InChI is InChI=1S/C17H14ClN3OS/c1-10-3-4-13-14(9-10)23-16(15(13)18)17(22)21-20-11(2)12-5-7-19-8-6-12/h3-9H,1-2H3,(H,21,22)/b20-11+. The van der Waals surface area contributed by atoms with Crippen molar-refractivity contribution in [2.75, 3.05) is 0 Å². The molecule has 0 bridgehead atoms. The number of aromatic nitrogens is 1. The van der Waals surface area contributed by atoms with E-state index in [1.165, 1.54) is 11.3 Å². The molecule has 1 N–H and O–H groups in total. The van der Waals surface area contributed by atoms with Crippen LogP contribution in [0.5, 0.6) is 0 Å². The number of hydrogen-bond acceptors (Lipinski definition) is 4. The average Bonchev–Trinajstić information content (AvgIpc) is 2.89. The van der Waals surface area contributed by atoms with Gasteiger partial charge in [0.1, 0.15) is 4.88 Å². The monoisotopic (exact) mass is 343 g/mol. The van der Waals surface area contributed by atoms with E-state index >= 15 is 0 Å². The number of hydrazone groups is 1. The zero-order valence-corrected chi connectivity index (χ0v) is 14.2.